The molecule has 5 aliphatic carbocycles. The van der Waals surface area contributed by atoms with Crippen molar-refractivity contribution in [3.8, 4) is 0 Å². The van der Waals surface area contributed by atoms with Gasteiger partial charge in [-0.05, 0) is 120 Å². The zero-order valence-electron chi connectivity index (χ0n) is 22.4. The van der Waals surface area contributed by atoms with E-state index in [0.717, 1.165) is 24.7 Å². The van der Waals surface area contributed by atoms with Crippen LogP contribution >= 0.6 is 0 Å². The maximum absolute atomic E-state index is 10.9. The second-order valence-electron chi connectivity index (χ2n) is 15.5. The maximum Gasteiger partial charge on any atom is 0.0594 e. The van der Waals surface area contributed by atoms with Crippen LogP contribution in [0.3, 0.4) is 0 Å². The molecule has 0 aromatic carbocycles. The van der Waals surface area contributed by atoms with E-state index in [4.69, 9.17) is 0 Å². The summed E-state index contributed by atoms with van der Waals surface area (Å²) in [4.78, 5) is 0. The van der Waals surface area contributed by atoms with Gasteiger partial charge in [0.1, 0.15) is 0 Å². The van der Waals surface area contributed by atoms with Crippen LogP contribution in [-0.2, 0) is 0 Å². The van der Waals surface area contributed by atoms with Crippen molar-refractivity contribution in [2.24, 2.45) is 56.2 Å². The highest BCUT2D eigenvalue weighted by Gasteiger charge is 2.71. The average molecular weight is 445 g/mol. The molecule has 0 aromatic heterocycles. The van der Waals surface area contributed by atoms with Crippen LogP contribution in [0.5, 0.6) is 0 Å². The number of hydrogen-bond donors (Lipinski definition) is 2. The molecule has 0 aromatic rings. The molecule has 0 bridgehead atoms. The van der Waals surface area contributed by atoms with E-state index in [1.54, 1.807) is 0 Å². The lowest BCUT2D eigenvalue weighted by atomic mass is 9.30. The Morgan fingerprint density at radius 1 is 0.438 bits per heavy atom. The van der Waals surface area contributed by atoms with Crippen molar-refractivity contribution in [2.45, 2.75) is 132 Å². The van der Waals surface area contributed by atoms with Crippen LogP contribution in [0.2, 0.25) is 0 Å². The summed E-state index contributed by atoms with van der Waals surface area (Å²) in [5, 5.41) is 21.8. The normalized spacial score (nSPS) is 58.7. The average Bonchev–Trinajstić information content (AvgIpc) is 2.69. The number of fused-ring (bicyclic) bond motifs is 7. The molecule has 0 spiro atoms. The van der Waals surface area contributed by atoms with Gasteiger partial charge in [0.05, 0.1) is 12.2 Å². The third kappa shape index (κ3) is 2.61. The highest BCUT2D eigenvalue weighted by atomic mass is 16.3. The molecule has 2 nitrogen and oxygen atoms in total. The van der Waals surface area contributed by atoms with E-state index in [2.05, 4.69) is 55.4 Å². The van der Waals surface area contributed by atoms with Crippen molar-refractivity contribution in [3.63, 3.8) is 0 Å². The molecule has 10 atom stereocenters. The van der Waals surface area contributed by atoms with Crippen molar-refractivity contribution in [3.05, 3.63) is 0 Å². The summed E-state index contributed by atoms with van der Waals surface area (Å²) in [6, 6.07) is 0. The number of aliphatic hydroxyl groups is 2. The standard InChI is InChI=1S/C30H52O2/c1-25(2)19-11-17-29(7)21(27(19,5)15-13-23(25)31)9-10-22-28(6)16-14-24(32)26(3,4)20(28)12-18-30(22,29)8/h19-24,31-32H,9-18H2,1-8H3/t19-,20-,21+,22+,23?,24?,27-,28-,29+,30+/m0/s1. The van der Waals surface area contributed by atoms with Gasteiger partial charge in [-0.25, -0.2) is 0 Å². The topological polar surface area (TPSA) is 40.5 Å². The van der Waals surface area contributed by atoms with Gasteiger partial charge in [-0.3, -0.25) is 0 Å². The fraction of sp³-hybridized carbons (Fsp3) is 1.00. The summed E-state index contributed by atoms with van der Waals surface area (Å²) in [6.07, 6.45) is 12.1. The second kappa shape index (κ2) is 6.77. The first-order chi connectivity index (χ1) is 14.7. The van der Waals surface area contributed by atoms with Crippen molar-refractivity contribution >= 4 is 0 Å². The lowest BCUT2D eigenvalue weighted by molar-refractivity contribution is -0.270. The Morgan fingerprint density at radius 3 is 1.12 bits per heavy atom. The minimum atomic E-state index is -0.137. The summed E-state index contributed by atoms with van der Waals surface area (Å²) in [5.41, 5.74) is 1.60. The molecule has 0 radical (unpaired) electrons. The van der Waals surface area contributed by atoms with Gasteiger partial charge in [-0.15, -0.1) is 0 Å². The summed E-state index contributed by atoms with van der Waals surface area (Å²) in [6.45, 7) is 20.1. The molecule has 5 fully saturated rings. The van der Waals surface area contributed by atoms with Crippen molar-refractivity contribution in [1.82, 2.24) is 0 Å². The van der Waals surface area contributed by atoms with Gasteiger partial charge in [0.25, 0.3) is 0 Å². The first-order valence-corrected chi connectivity index (χ1v) is 14.0. The van der Waals surface area contributed by atoms with Gasteiger partial charge in [0.15, 0.2) is 0 Å². The largest absolute Gasteiger partial charge is 0.393 e. The van der Waals surface area contributed by atoms with E-state index in [0.29, 0.717) is 33.5 Å². The van der Waals surface area contributed by atoms with Gasteiger partial charge in [-0.1, -0.05) is 55.4 Å². The van der Waals surface area contributed by atoms with E-state index in [-0.39, 0.29) is 23.0 Å². The molecule has 0 saturated heterocycles. The van der Waals surface area contributed by atoms with Crippen LogP contribution in [0.1, 0.15) is 120 Å². The Morgan fingerprint density at radius 2 is 0.781 bits per heavy atom. The third-order valence-electron chi connectivity index (χ3n) is 14.1. The maximum atomic E-state index is 10.9. The minimum absolute atomic E-state index is 0.0409. The fourth-order valence-corrected chi connectivity index (χ4v) is 12.1. The minimum Gasteiger partial charge on any atom is -0.393 e. The molecule has 184 valence electrons. The monoisotopic (exact) mass is 444 g/mol. The number of hydrogen-bond acceptors (Lipinski definition) is 2. The molecule has 2 unspecified atom stereocenters. The molecule has 0 heterocycles. The van der Waals surface area contributed by atoms with E-state index in [1.807, 2.05) is 0 Å². The van der Waals surface area contributed by atoms with E-state index in [1.165, 1.54) is 51.4 Å². The molecule has 5 rings (SSSR count). The second-order valence-corrected chi connectivity index (χ2v) is 15.5. The Bertz CT molecular complexity index is 707. The van der Waals surface area contributed by atoms with Gasteiger partial charge in [-0.2, -0.15) is 0 Å². The first-order valence-electron chi connectivity index (χ1n) is 14.0. The molecule has 2 heteroatoms. The molecule has 32 heavy (non-hydrogen) atoms. The summed E-state index contributed by atoms with van der Waals surface area (Å²) >= 11 is 0. The first kappa shape index (κ1) is 23.7. The van der Waals surface area contributed by atoms with Crippen LogP contribution in [0, 0.1) is 56.2 Å². The molecule has 5 saturated carbocycles. The molecule has 5 aliphatic rings. The molecule has 0 amide bonds. The summed E-state index contributed by atoms with van der Waals surface area (Å²) < 4.78 is 0. The quantitative estimate of drug-likeness (QED) is 0.414. The van der Waals surface area contributed by atoms with E-state index < -0.39 is 0 Å². The lowest BCUT2D eigenvalue weighted by Crippen LogP contribution is -2.68. The van der Waals surface area contributed by atoms with Crippen molar-refractivity contribution in [1.29, 1.82) is 0 Å². The molecule has 0 aliphatic heterocycles. The number of aliphatic hydroxyl groups excluding tert-OH is 2. The zero-order chi connectivity index (χ0) is 23.5. The van der Waals surface area contributed by atoms with Gasteiger partial charge in [0, 0.05) is 0 Å². The van der Waals surface area contributed by atoms with Crippen molar-refractivity contribution in [2.75, 3.05) is 0 Å². The lowest BCUT2D eigenvalue weighted by Gasteiger charge is -2.75. The van der Waals surface area contributed by atoms with Crippen LogP contribution in [0.15, 0.2) is 0 Å². The summed E-state index contributed by atoms with van der Waals surface area (Å²) in [5.74, 6) is 2.86. The zero-order valence-corrected chi connectivity index (χ0v) is 22.4. The van der Waals surface area contributed by atoms with Gasteiger partial charge in [0.2, 0.25) is 0 Å². The van der Waals surface area contributed by atoms with Crippen LogP contribution in [0.25, 0.3) is 0 Å². The third-order valence-corrected chi connectivity index (χ3v) is 14.1. The van der Waals surface area contributed by atoms with Crippen LogP contribution in [-0.4, -0.2) is 22.4 Å². The predicted octanol–water partition coefficient (Wildman–Crippen LogP) is 7.22. The van der Waals surface area contributed by atoms with E-state index >= 15 is 0 Å². The smallest absolute Gasteiger partial charge is 0.0594 e. The number of rotatable bonds is 0. The predicted molar refractivity (Wildman–Crippen MR) is 132 cm³/mol. The van der Waals surface area contributed by atoms with Crippen molar-refractivity contribution < 1.29 is 10.2 Å². The van der Waals surface area contributed by atoms with Crippen LogP contribution < -0.4 is 0 Å². The SMILES string of the molecule is CC1(C)C(O)CC[C@]2(C)[C@H]3CC[C@@H]4[C@@]5(C)CCC(O)C(C)(C)[C@@H]5CC[C@@]4(C)[C@]3(C)CC[C@@H]12. The van der Waals surface area contributed by atoms with Gasteiger partial charge < -0.3 is 10.2 Å². The van der Waals surface area contributed by atoms with Crippen LogP contribution in [0.4, 0.5) is 0 Å². The van der Waals surface area contributed by atoms with E-state index in [9.17, 15) is 10.2 Å². The Hall–Kier alpha value is -0.0800. The van der Waals surface area contributed by atoms with Gasteiger partial charge >= 0.3 is 0 Å². The highest BCUT2D eigenvalue weighted by Crippen LogP contribution is 2.78. The Balaban J connectivity index is 1.54. The molecular formula is C30H52O2. The fourth-order valence-electron chi connectivity index (χ4n) is 12.1. The summed E-state index contributed by atoms with van der Waals surface area (Å²) in [7, 11) is 0. The molecule has 2 N–H and O–H groups in total. The Kier molecular flexibility index (Phi) is 5.01. The molecular weight excluding hydrogens is 392 g/mol. The Labute approximate surface area is 198 Å². The highest BCUT2D eigenvalue weighted by molar-refractivity contribution is 5.20.